The van der Waals surface area contributed by atoms with Crippen LogP contribution in [0.4, 0.5) is 11.4 Å². The third-order valence-electron chi connectivity index (χ3n) is 6.64. The second-order valence-electron chi connectivity index (χ2n) is 10.0. The highest BCUT2D eigenvalue weighted by Crippen LogP contribution is 2.38. The van der Waals surface area contributed by atoms with Crippen LogP contribution in [0.5, 0.6) is 0 Å². The van der Waals surface area contributed by atoms with Gasteiger partial charge in [0.2, 0.25) is 5.91 Å². The first-order chi connectivity index (χ1) is 19.3. The maximum absolute atomic E-state index is 12.8. The topological polar surface area (TPSA) is 90.9 Å². The number of amides is 3. The largest absolute Gasteiger partial charge is 0.326 e. The maximum Gasteiger partial charge on any atom is 0.256 e. The van der Waals surface area contributed by atoms with Gasteiger partial charge in [-0.25, -0.2) is 0 Å². The molecule has 1 aliphatic heterocycles. The standard InChI is InChI=1S/C30H37Cl3N4O3/c1-2-3-4-5-6-7-8-9-10-11-12-16-27(38)34-23-15-13-14-21(17-23)30(40)35-26-20-28(39)37(36-26)29-24(32)18-22(31)19-25(29)33/h13-15,17-19H,2-12,16,20H2,1H3,(H,34,38)(H,35,36,40). The Hall–Kier alpha value is -2.61. The van der Waals surface area contributed by atoms with E-state index in [1.807, 2.05) is 0 Å². The van der Waals surface area contributed by atoms with Gasteiger partial charge in [-0.15, -0.1) is 0 Å². The quantitative estimate of drug-likeness (QED) is 0.198. The summed E-state index contributed by atoms with van der Waals surface area (Å²) in [5.74, 6) is -0.775. The predicted molar refractivity (Wildman–Crippen MR) is 165 cm³/mol. The summed E-state index contributed by atoms with van der Waals surface area (Å²) in [6, 6.07) is 9.56. The third-order valence-corrected chi connectivity index (χ3v) is 7.44. The molecule has 0 bridgehead atoms. The molecule has 3 amide bonds. The summed E-state index contributed by atoms with van der Waals surface area (Å²) < 4.78 is 0. The molecule has 0 aromatic heterocycles. The van der Waals surface area contributed by atoms with Crippen LogP contribution in [0.15, 0.2) is 41.5 Å². The number of hydrogen-bond donors (Lipinski definition) is 2. The molecule has 2 aromatic rings. The Balaban J connectivity index is 1.42. The molecule has 2 N–H and O–H groups in total. The first kappa shape index (κ1) is 31.9. The van der Waals surface area contributed by atoms with Crippen LogP contribution in [-0.2, 0) is 9.59 Å². The van der Waals surface area contributed by atoms with Crippen LogP contribution in [0.3, 0.4) is 0 Å². The van der Waals surface area contributed by atoms with Gasteiger partial charge in [0.15, 0.2) is 0 Å². The van der Waals surface area contributed by atoms with E-state index in [0.717, 1.165) is 24.3 Å². The summed E-state index contributed by atoms with van der Waals surface area (Å²) >= 11 is 18.4. The molecule has 0 atom stereocenters. The van der Waals surface area contributed by atoms with Crippen LogP contribution < -0.4 is 15.6 Å². The van der Waals surface area contributed by atoms with Crippen LogP contribution >= 0.6 is 34.8 Å². The molecular formula is C30H37Cl3N4O3. The molecule has 1 heterocycles. The van der Waals surface area contributed by atoms with Gasteiger partial charge in [0, 0.05) is 22.7 Å². The van der Waals surface area contributed by atoms with E-state index in [4.69, 9.17) is 34.8 Å². The normalized spacial score (nSPS) is 12.9. The van der Waals surface area contributed by atoms with E-state index >= 15 is 0 Å². The fraction of sp³-hybridized carbons (Fsp3) is 0.467. The number of halogens is 3. The number of rotatable bonds is 15. The van der Waals surface area contributed by atoms with E-state index in [2.05, 4.69) is 22.7 Å². The van der Waals surface area contributed by atoms with Gasteiger partial charge in [-0.05, 0) is 36.8 Å². The Kier molecular flexibility index (Phi) is 13.2. The number of nitrogens with zero attached hydrogens (tertiary/aromatic N) is 2. The van der Waals surface area contributed by atoms with E-state index in [9.17, 15) is 14.4 Å². The van der Waals surface area contributed by atoms with Crippen molar-refractivity contribution in [3.63, 3.8) is 0 Å². The second-order valence-corrected chi connectivity index (χ2v) is 11.3. The number of carbonyl (C=O) groups excluding carboxylic acids is 3. The summed E-state index contributed by atoms with van der Waals surface area (Å²) in [7, 11) is 0. The zero-order valence-corrected chi connectivity index (χ0v) is 25.2. The van der Waals surface area contributed by atoms with Crippen molar-refractivity contribution in [1.82, 2.24) is 5.32 Å². The lowest BCUT2D eigenvalue weighted by molar-refractivity contribution is -0.117. The minimum atomic E-state index is -0.455. The fourth-order valence-corrected chi connectivity index (χ4v) is 5.50. The van der Waals surface area contributed by atoms with Crippen LogP contribution in [0.2, 0.25) is 15.1 Å². The molecule has 0 unspecified atom stereocenters. The lowest BCUT2D eigenvalue weighted by atomic mass is 10.1. The summed E-state index contributed by atoms with van der Waals surface area (Å²) in [5, 5.41) is 11.4. The van der Waals surface area contributed by atoms with E-state index < -0.39 is 11.8 Å². The van der Waals surface area contributed by atoms with E-state index in [-0.39, 0.29) is 33.9 Å². The number of carbonyl (C=O) groups is 3. The summed E-state index contributed by atoms with van der Waals surface area (Å²) in [6.45, 7) is 2.24. The molecule has 216 valence electrons. The second kappa shape index (κ2) is 16.6. The highest BCUT2D eigenvalue weighted by molar-refractivity contribution is 6.42. The average Bonchev–Trinajstić information content (AvgIpc) is 3.25. The Morgan fingerprint density at radius 3 is 2.08 bits per heavy atom. The number of hydrazone groups is 1. The highest BCUT2D eigenvalue weighted by atomic mass is 35.5. The molecule has 1 aliphatic rings. The average molecular weight is 608 g/mol. The van der Waals surface area contributed by atoms with Crippen LogP contribution in [0, 0.1) is 0 Å². The zero-order chi connectivity index (χ0) is 28.9. The number of hydrogen-bond acceptors (Lipinski definition) is 4. The summed E-state index contributed by atoms with van der Waals surface area (Å²) in [4.78, 5) is 37.8. The number of benzene rings is 2. The van der Waals surface area contributed by atoms with Gasteiger partial charge in [0.05, 0.1) is 16.5 Å². The molecule has 3 rings (SSSR count). The van der Waals surface area contributed by atoms with Crippen molar-refractivity contribution < 1.29 is 14.4 Å². The third kappa shape index (κ3) is 10.1. The SMILES string of the molecule is CCCCCCCCCCCCCC(=O)Nc1cccc(C(=O)NC2=NN(c3c(Cl)cc(Cl)cc3Cl)C(=O)C2)c1. The van der Waals surface area contributed by atoms with Crippen LogP contribution in [0.1, 0.15) is 101 Å². The molecule has 0 spiro atoms. The fourth-order valence-electron chi connectivity index (χ4n) is 4.53. The maximum atomic E-state index is 12.8. The minimum Gasteiger partial charge on any atom is -0.326 e. The summed E-state index contributed by atoms with van der Waals surface area (Å²) in [6.07, 6.45) is 13.8. The molecule has 0 saturated heterocycles. The van der Waals surface area contributed by atoms with Crippen molar-refractivity contribution in [2.45, 2.75) is 90.4 Å². The van der Waals surface area contributed by atoms with Gasteiger partial charge < -0.3 is 10.6 Å². The Labute approximate surface area is 251 Å². The van der Waals surface area contributed by atoms with Crippen molar-refractivity contribution in [2.75, 3.05) is 10.3 Å². The van der Waals surface area contributed by atoms with E-state index in [0.29, 0.717) is 22.7 Å². The number of unbranched alkanes of at least 4 members (excludes halogenated alkanes) is 10. The molecule has 40 heavy (non-hydrogen) atoms. The molecule has 7 nitrogen and oxygen atoms in total. The first-order valence-electron chi connectivity index (χ1n) is 14.0. The van der Waals surface area contributed by atoms with Crippen molar-refractivity contribution in [1.29, 1.82) is 0 Å². The van der Waals surface area contributed by atoms with Crippen molar-refractivity contribution in [2.24, 2.45) is 5.10 Å². The van der Waals surface area contributed by atoms with Gasteiger partial charge in [-0.3, -0.25) is 14.4 Å². The minimum absolute atomic E-state index is 0.0772. The Bertz CT molecular complexity index is 1200. The Morgan fingerprint density at radius 2 is 1.45 bits per heavy atom. The van der Waals surface area contributed by atoms with Gasteiger partial charge in [-0.1, -0.05) is 112 Å². The molecular weight excluding hydrogens is 571 g/mol. The van der Waals surface area contributed by atoms with Crippen molar-refractivity contribution >= 4 is 69.7 Å². The van der Waals surface area contributed by atoms with Gasteiger partial charge in [-0.2, -0.15) is 10.1 Å². The van der Waals surface area contributed by atoms with E-state index in [1.54, 1.807) is 24.3 Å². The van der Waals surface area contributed by atoms with Crippen molar-refractivity contribution in [3.8, 4) is 0 Å². The molecule has 0 fully saturated rings. The molecule has 0 radical (unpaired) electrons. The lowest BCUT2D eigenvalue weighted by Gasteiger charge is -2.15. The number of anilines is 2. The van der Waals surface area contributed by atoms with Crippen LogP contribution in [0.25, 0.3) is 0 Å². The number of amidine groups is 1. The molecule has 0 aliphatic carbocycles. The first-order valence-corrected chi connectivity index (χ1v) is 15.2. The summed E-state index contributed by atoms with van der Waals surface area (Å²) in [5.41, 5.74) is 1.06. The smallest absolute Gasteiger partial charge is 0.256 e. The monoisotopic (exact) mass is 606 g/mol. The van der Waals surface area contributed by atoms with E-state index in [1.165, 1.54) is 63.5 Å². The predicted octanol–water partition coefficient (Wildman–Crippen LogP) is 8.77. The molecule has 0 saturated carbocycles. The lowest BCUT2D eigenvalue weighted by Crippen LogP contribution is -2.29. The van der Waals surface area contributed by atoms with Gasteiger partial charge in [0.1, 0.15) is 11.5 Å². The highest BCUT2D eigenvalue weighted by Gasteiger charge is 2.30. The van der Waals surface area contributed by atoms with Gasteiger partial charge >= 0.3 is 0 Å². The van der Waals surface area contributed by atoms with Crippen LogP contribution in [-0.4, -0.2) is 23.6 Å². The number of nitrogens with one attached hydrogen (secondary N) is 2. The van der Waals surface area contributed by atoms with Gasteiger partial charge in [0.25, 0.3) is 11.8 Å². The zero-order valence-electron chi connectivity index (χ0n) is 22.9. The Morgan fingerprint density at radius 1 is 0.850 bits per heavy atom. The molecule has 10 heteroatoms. The molecule has 2 aromatic carbocycles. The van der Waals surface area contributed by atoms with Crippen molar-refractivity contribution in [3.05, 3.63) is 57.0 Å².